The molecule has 0 atom stereocenters. The van der Waals surface area contributed by atoms with Gasteiger partial charge in [-0.15, -0.1) is 0 Å². The Balaban J connectivity index is 1.42. The standard InChI is InChI=1S/C35H32/c1-4-5-10-22-15-16-29-27-13-8-7-12-24(27)18-31(29)34(22)33-21-26-19-30-25(20-32(26)35(33,2)3)17-23-11-6-9-14-28(23)30/h6-9,11-16,19-21H,4-5,10,17-18H2,1-3H3. The van der Waals surface area contributed by atoms with Gasteiger partial charge in [0.15, 0.2) is 0 Å². The minimum absolute atomic E-state index is 0.00992. The molecule has 0 amide bonds. The summed E-state index contributed by atoms with van der Waals surface area (Å²) in [6.45, 7) is 7.20. The van der Waals surface area contributed by atoms with E-state index < -0.39 is 0 Å². The van der Waals surface area contributed by atoms with Crippen molar-refractivity contribution in [2.75, 3.05) is 0 Å². The molecule has 0 saturated carbocycles. The van der Waals surface area contributed by atoms with Crippen LogP contribution < -0.4 is 0 Å². The summed E-state index contributed by atoms with van der Waals surface area (Å²) in [5, 5.41) is 0. The Morgan fingerprint density at radius 2 is 1.43 bits per heavy atom. The van der Waals surface area contributed by atoms with E-state index in [9.17, 15) is 0 Å². The molecular formula is C35H32. The molecule has 0 aromatic heterocycles. The maximum Gasteiger partial charge on any atom is 0.0158 e. The summed E-state index contributed by atoms with van der Waals surface area (Å²) < 4.78 is 0. The minimum atomic E-state index is -0.00992. The molecule has 3 aliphatic carbocycles. The molecule has 0 heterocycles. The van der Waals surface area contributed by atoms with Gasteiger partial charge in [-0.05, 0) is 110 Å². The molecule has 35 heavy (non-hydrogen) atoms. The summed E-state index contributed by atoms with van der Waals surface area (Å²) in [7, 11) is 0. The van der Waals surface area contributed by atoms with E-state index in [0.29, 0.717) is 0 Å². The van der Waals surface area contributed by atoms with Crippen LogP contribution in [0.1, 0.15) is 78.1 Å². The lowest BCUT2D eigenvalue weighted by Crippen LogP contribution is -2.18. The largest absolute Gasteiger partial charge is 0.0654 e. The average Bonchev–Trinajstić information content (AvgIpc) is 3.50. The van der Waals surface area contributed by atoms with Crippen molar-refractivity contribution in [2.24, 2.45) is 0 Å². The summed E-state index contributed by atoms with van der Waals surface area (Å²) in [6, 6.07) is 27.8. The van der Waals surface area contributed by atoms with Crippen LogP contribution in [0.2, 0.25) is 0 Å². The molecule has 7 rings (SSSR count). The Morgan fingerprint density at radius 1 is 0.714 bits per heavy atom. The Labute approximate surface area is 209 Å². The highest BCUT2D eigenvalue weighted by Crippen LogP contribution is 2.53. The maximum atomic E-state index is 2.53. The maximum absolute atomic E-state index is 2.53. The summed E-state index contributed by atoms with van der Waals surface area (Å²) in [6.07, 6.45) is 8.26. The molecule has 172 valence electrons. The van der Waals surface area contributed by atoms with E-state index in [4.69, 9.17) is 0 Å². The van der Waals surface area contributed by atoms with Crippen molar-refractivity contribution in [1.82, 2.24) is 0 Å². The number of unbranched alkanes of at least 4 members (excludes halogenated alkanes) is 1. The van der Waals surface area contributed by atoms with Crippen LogP contribution >= 0.6 is 0 Å². The second-order valence-corrected chi connectivity index (χ2v) is 11.2. The molecule has 0 heteroatoms. The van der Waals surface area contributed by atoms with Gasteiger partial charge in [0.2, 0.25) is 0 Å². The van der Waals surface area contributed by atoms with Gasteiger partial charge >= 0.3 is 0 Å². The number of allylic oxidation sites excluding steroid dienone is 1. The van der Waals surface area contributed by atoms with Crippen LogP contribution in [-0.2, 0) is 24.7 Å². The van der Waals surface area contributed by atoms with Gasteiger partial charge in [0, 0.05) is 5.41 Å². The molecule has 3 aliphatic rings. The van der Waals surface area contributed by atoms with E-state index in [1.54, 1.807) is 5.56 Å². The predicted molar refractivity (Wildman–Crippen MR) is 149 cm³/mol. The number of hydrogen-bond donors (Lipinski definition) is 0. The zero-order valence-electron chi connectivity index (χ0n) is 21.0. The number of rotatable bonds is 4. The Bertz CT molecular complexity index is 1540. The minimum Gasteiger partial charge on any atom is -0.0654 e. The zero-order valence-corrected chi connectivity index (χ0v) is 21.0. The molecule has 4 aromatic rings. The van der Waals surface area contributed by atoms with Crippen LogP contribution in [0.5, 0.6) is 0 Å². The molecule has 4 aromatic carbocycles. The zero-order chi connectivity index (χ0) is 23.7. The smallest absolute Gasteiger partial charge is 0.0158 e. The highest BCUT2D eigenvalue weighted by atomic mass is 14.4. The predicted octanol–water partition coefficient (Wildman–Crippen LogP) is 9.00. The highest BCUT2D eigenvalue weighted by molar-refractivity contribution is 5.99. The van der Waals surface area contributed by atoms with Gasteiger partial charge in [-0.25, -0.2) is 0 Å². The van der Waals surface area contributed by atoms with Crippen molar-refractivity contribution >= 4 is 11.6 Å². The van der Waals surface area contributed by atoms with Crippen LogP contribution in [0.25, 0.3) is 33.9 Å². The first-order chi connectivity index (χ1) is 17.1. The van der Waals surface area contributed by atoms with Crippen LogP contribution in [0.4, 0.5) is 0 Å². The quantitative estimate of drug-likeness (QED) is 0.250. The molecule has 0 bridgehead atoms. The summed E-state index contributed by atoms with van der Waals surface area (Å²) in [5.41, 5.74) is 19.2. The number of benzene rings is 4. The fourth-order valence-electron chi connectivity index (χ4n) is 6.90. The topological polar surface area (TPSA) is 0 Å². The van der Waals surface area contributed by atoms with E-state index in [-0.39, 0.29) is 5.41 Å². The van der Waals surface area contributed by atoms with E-state index in [0.717, 1.165) is 19.3 Å². The van der Waals surface area contributed by atoms with E-state index in [2.05, 4.69) is 99.6 Å². The monoisotopic (exact) mass is 452 g/mol. The normalized spacial score (nSPS) is 15.8. The summed E-state index contributed by atoms with van der Waals surface area (Å²) in [5.74, 6) is 0. The number of aryl methyl sites for hydroxylation is 1. The van der Waals surface area contributed by atoms with Gasteiger partial charge in [0.25, 0.3) is 0 Å². The molecule has 0 fully saturated rings. The van der Waals surface area contributed by atoms with Crippen LogP contribution in [0.15, 0.2) is 72.8 Å². The first kappa shape index (κ1) is 20.9. The third kappa shape index (κ3) is 2.99. The summed E-state index contributed by atoms with van der Waals surface area (Å²) in [4.78, 5) is 0. The van der Waals surface area contributed by atoms with Crippen molar-refractivity contribution in [3.63, 3.8) is 0 Å². The fraction of sp³-hybridized carbons (Fsp3) is 0.257. The molecule has 0 N–H and O–H groups in total. The van der Waals surface area contributed by atoms with Crippen molar-refractivity contribution in [3.05, 3.63) is 117 Å². The third-order valence-electron chi connectivity index (χ3n) is 8.75. The molecule has 0 spiro atoms. The van der Waals surface area contributed by atoms with Crippen molar-refractivity contribution < 1.29 is 0 Å². The molecule has 0 radical (unpaired) electrons. The van der Waals surface area contributed by atoms with E-state index >= 15 is 0 Å². The molecular weight excluding hydrogens is 420 g/mol. The number of hydrogen-bond acceptors (Lipinski definition) is 0. The Hall–Kier alpha value is -3.38. The van der Waals surface area contributed by atoms with Gasteiger partial charge in [-0.2, -0.15) is 0 Å². The molecule has 0 nitrogen and oxygen atoms in total. The lowest BCUT2D eigenvalue weighted by molar-refractivity contribution is 0.699. The second kappa shape index (κ2) is 7.56. The first-order valence-corrected chi connectivity index (χ1v) is 13.3. The van der Waals surface area contributed by atoms with Gasteiger partial charge in [0.05, 0.1) is 0 Å². The molecule has 0 aliphatic heterocycles. The van der Waals surface area contributed by atoms with Gasteiger partial charge in [0.1, 0.15) is 0 Å². The van der Waals surface area contributed by atoms with Crippen LogP contribution in [-0.4, -0.2) is 0 Å². The average molecular weight is 453 g/mol. The van der Waals surface area contributed by atoms with E-state index in [1.165, 1.54) is 79.6 Å². The second-order valence-electron chi connectivity index (χ2n) is 11.2. The lowest BCUT2D eigenvalue weighted by Gasteiger charge is -2.29. The summed E-state index contributed by atoms with van der Waals surface area (Å²) >= 11 is 0. The van der Waals surface area contributed by atoms with E-state index in [1.807, 2.05) is 0 Å². The van der Waals surface area contributed by atoms with Crippen molar-refractivity contribution in [3.8, 4) is 22.3 Å². The van der Waals surface area contributed by atoms with Crippen LogP contribution in [0.3, 0.4) is 0 Å². The molecule has 0 unspecified atom stereocenters. The molecule has 0 saturated heterocycles. The third-order valence-corrected chi connectivity index (χ3v) is 8.75. The van der Waals surface area contributed by atoms with Gasteiger partial charge < -0.3 is 0 Å². The van der Waals surface area contributed by atoms with Crippen LogP contribution in [0, 0.1) is 0 Å². The Kier molecular flexibility index (Phi) is 4.52. The highest BCUT2D eigenvalue weighted by Gasteiger charge is 2.38. The van der Waals surface area contributed by atoms with Crippen molar-refractivity contribution in [1.29, 1.82) is 0 Å². The lowest BCUT2D eigenvalue weighted by atomic mass is 9.74. The SMILES string of the molecule is CCCCc1ccc2c(c1C1=Cc3cc4c(cc3C1(C)C)Cc1ccccc1-4)Cc1ccccc1-2. The van der Waals surface area contributed by atoms with Gasteiger partial charge in [-0.1, -0.05) is 93.9 Å². The number of fused-ring (bicyclic) bond motifs is 7. The fourth-order valence-corrected chi connectivity index (χ4v) is 6.90. The first-order valence-electron chi connectivity index (χ1n) is 13.3. The van der Waals surface area contributed by atoms with Gasteiger partial charge in [-0.3, -0.25) is 0 Å². The van der Waals surface area contributed by atoms with Crippen molar-refractivity contribution in [2.45, 2.75) is 58.3 Å². The Morgan fingerprint density at radius 3 is 2.20 bits per heavy atom.